The summed E-state index contributed by atoms with van der Waals surface area (Å²) in [5.74, 6) is -0.120. The maximum absolute atomic E-state index is 12.4. The molecule has 0 atom stereocenters. The van der Waals surface area contributed by atoms with Gasteiger partial charge in [0.05, 0.1) is 11.3 Å². The number of amides is 1. The number of pyridine rings is 1. The van der Waals surface area contributed by atoms with Crippen LogP contribution in [0.5, 0.6) is 0 Å². The minimum absolute atomic E-state index is 0.0327. The molecule has 0 radical (unpaired) electrons. The third-order valence-electron chi connectivity index (χ3n) is 3.95. The Morgan fingerprint density at radius 3 is 2.79 bits per heavy atom. The van der Waals surface area contributed by atoms with Gasteiger partial charge in [0.1, 0.15) is 0 Å². The second-order valence-corrected chi connectivity index (χ2v) is 6.66. The van der Waals surface area contributed by atoms with E-state index in [9.17, 15) is 4.79 Å². The van der Waals surface area contributed by atoms with E-state index in [-0.39, 0.29) is 17.9 Å². The lowest BCUT2D eigenvalue weighted by Crippen LogP contribution is -2.36. The molecule has 2 aromatic rings. The van der Waals surface area contributed by atoms with Crippen LogP contribution in [0, 0.1) is 0 Å². The predicted octanol–water partition coefficient (Wildman–Crippen LogP) is 2.17. The van der Waals surface area contributed by atoms with Gasteiger partial charge < -0.3 is 16.8 Å². The van der Waals surface area contributed by atoms with E-state index in [1.807, 2.05) is 5.38 Å². The first-order chi connectivity index (χ1) is 11.6. The van der Waals surface area contributed by atoms with Crippen molar-refractivity contribution in [3.63, 3.8) is 0 Å². The van der Waals surface area contributed by atoms with Crippen molar-refractivity contribution in [2.45, 2.75) is 38.1 Å². The van der Waals surface area contributed by atoms with Crippen LogP contribution in [0.15, 0.2) is 28.8 Å². The first-order valence-corrected chi connectivity index (χ1v) is 8.81. The Balaban J connectivity index is 1.74. The number of rotatable bonds is 4. The number of nitrogens with zero attached hydrogens (tertiary/aromatic N) is 3. The zero-order chi connectivity index (χ0) is 16.9. The van der Waals surface area contributed by atoms with E-state index >= 15 is 0 Å². The van der Waals surface area contributed by atoms with Crippen molar-refractivity contribution < 1.29 is 4.79 Å². The van der Waals surface area contributed by atoms with Gasteiger partial charge in [0.25, 0.3) is 5.91 Å². The molecule has 2 heterocycles. The van der Waals surface area contributed by atoms with E-state index in [0.29, 0.717) is 16.4 Å². The van der Waals surface area contributed by atoms with Crippen LogP contribution in [0.2, 0.25) is 0 Å². The quantitative estimate of drug-likeness (QED) is 0.580. The summed E-state index contributed by atoms with van der Waals surface area (Å²) in [4.78, 5) is 24.8. The molecular formula is C16H20N6OS. The van der Waals surface area contributed by atoms with Gasteiger partial charge >= 0.3 is 0 Å². The standard InChI is InChI=1S/C16H20N6OS/c17-15(18)22-16-21-13(9-24-16)10-6-11(8-19-7-10)14(23)20-12-4-2-1-3-5-12/h6-9,12H,1-5H2,(H,20,23)(H4,17,18,21,22). The molecule has 5 N–H and O–H groups in total. The molecule has 2 aromatic heterocycles. The number of hydrogen-bond acceptors (Lipinski definition) is 5. The highest BCUT2D eigenvalue weighted by molar-refractivity contribution is 7.13. The first kappa shape index (κ1) is 16.4. The molecule has 0 aliphatic heterocycles. The Morgan fingerprint density at radius 2 is 2.04 bits per heavy atom. The molecular weight excluding hydrogens is 324 g/mol. The molecule has 24 heavy (non-hydrogen) atoms. The number of guanidine groups is 1. The number of nitrogens with one attached hydrogen (secondary N) is 1. The molecule has 0 saturated heterocycles. The van der Waals surface area contributed by atoms with E-state index in [0.717, 1.165) is 18.4 Å². The monoisotopic (exact) mass is 344 g/mol. The number of carbonyl (C=O) groups excluding carboxylic acids is 1. The van der Waals surface area contributed by atoms with Gasteiger partial charge in [-0.3, -0.25) is 9.78 Å². The Morgan fingerprint density at radius 1 is 1.25 bits per heavy atom. The van der Waals surface area contributed by atoms with Gasteiger partial charge in [-0.15, -0.1) is 11.3 Å². The number of aliphatic imine (C=N–C) groups is 1. The fourth-order valence-corrected chi connectivity index (χ4v) is 3.49. The Bertz CT molecular complexity index is 747. The topological polar surface area (TPSA) is 119 Å². The number of thiazole rings is 1. The second kappa shape index (κ2) is 7.39. The SMILES string of the molecule is NC(N)=Nc1nc(-c2cncc(C(=O)NC3CCCCC3)c2)cs1. The average molecular weight is 344 g/mol. The van der Waals surface area contributed by atoms with Crippen molar-refractivity contribution in [1.82, 2.24) is 15.3 Å². The van der Waals surface area contributed by atoms with Crippen LogP contribution in [0.25, 0.3) is 11.3 Å². The first-order valence-electron chi connectivity index (χ1n) is 7.93. The normalized spacial score (nSPS) is 15.0. The minimum atomic E-state index is -0.0871. The molecule has 1 aliphatic rings. The average Bonchev–Trinajstić information content (AvgIpc) is 3.03. The van der Waals surface area contributed by atoms with Crippen LogP contribution < -0.4 is 16.8 Å². The highest BCUT2D eigenvalue weighted by Gasteiger charge is 2.17. The van der Waals surface area contributed by atoms with Crippen molar-refractivity contribution in [2.75, 3.05) is 0 Å². The molecule has 1 amide bonds. The largest absolute Gasteiger partial charge is 0.370 e. The molecule has 1 aliphatic carbocycles. The maximum atomic E-state index is 12.4. The molecule has 1 saturated carbocycles. The number of aromatic nitrogens is 2. The van der Waals surface area contributed by atoms with E-state index in [2.05, 4.69) is 20.3 Å². The molecule has 1 fully saturated rings. The number of nitrogens with two attached hydrogens (primary N) is 2. The van der Waals surface area contributed by atoms with Crippen molar-refractivity contribution >= 4 is 28.3 Å². The van der Waals surface area contributed by atoms with Gasteiger partial charge in [-0.05, 0) is 18.9 Å². The van der Waals surface area contributed by atoms with Gasteiger partial charge in [-0.2, -0.15) is 4.99 Å². The van der Waals surface area contributed by atoms with Crippen molar-refractivity contribution in [3.05, 3.63) is 29.4 Å². The van der Waals surface area contributed by atoms with Crippen LogP contribution in [0.4, 0.5) is 5.13 Å². The number of hydrogen-bond donors (Lipinski definition) is 3. The van der Waals surface area contributed by atoms with Crippen LogP contribution >= 0.6 is 11.3 Å². The maximum Gasteiger partial charge on any atom is 0.253 e. The van der Waals surface area contributed by atoms with Crippen molar-refractivity contribution in [2.24, 2.45) is 16.5 Å². The third kappa shape index (κ3) is 4.08. The summed E-state index contributed by atoms with van der Waals surface area (Å²) in [6.07, 6.45) is 8.95. The summed E-state index contributed by atoms with van der Waals surface area (Å²) in [6, 6.07) is 2.06. The third-order valence-corrected chi connectivity index (χ3v) is 4.69. The van der Waals surface area contributed by atoms with Crippen LogP contribution in [0.1, 0.15) is 42.5 Å². The lowest BCUT2D eigenvalue weighted by atomic mass is 9.95. The zero-order valence-corrected chi connectivity index (χ0v) is 14.1. The van der Waals surface area contributed by atoms with Crippen LogP contribution in [0.3, 0.4) is 0 Å². The lowest BCUT2D eigenvalue weighted by molar-refractivity contribution is 0.0927. The highest BCUT2D eigenvalue weighted by Crippen LogP contribution is 2.26. The summed E-state index contributed by atoms with van der Waals surface area (Å²) < 4.78 is 0. The van der Waals surface area contributed by atoms with E-state index in [1.54, 1.807) is 18.5 Å². The summed E-state index contributed by atoms with van der Waals surface area (Å²) in [5.41, 5.74) is 12.7. The Hall–Kier alpha value is -2.48. The molecule has 3 rings (SSSR count). The summed E-state index contributed by atoms with van der Waals surface area (Å²) in [6.45, 7) is 0. The summed E-state index contributed by atoms with van der Waals surface area (Å²) in [7, 11) is 0. The Labute approximate surface area is 144 Å². The Kier molecular flexibility index (Phi) is 5.05. The summed E-state index contributed by atoms with van der Waals surface area (Å²) in [5, 5.41) is 5.40. The van der Waals surface area contributed by atoms with Crippen LogP contribution in [-0.2, 0) is 0 Å². The van der Waals surface area contributed by atoms with Gasteiger partial charge in [0.15, 0.2) is 5.96 Å². The fraction of sp³-hybridized carbons (Fsp3) is 0.375. The lowest BCUT2D eigenvalue weighted by Gasteiger charge is -2.22. The molecule has 0 bridgehead atoms. The van der Waals surface area contributed by atoms with E-state index in [1.165, 1.54) is 30.6 Å². The molecule has 0 aromatic carbocycles. The highest BCUT2D eigenvalue weighted by atomic mass is 32.1. The van der Waals surface area contributed by atoms with Crippen LogP contribution in [-0.4, -0.2) is 27.9 Å². The minimum Gasteiger partial charge on any atom is -0.370 e. The zero-order valence-electron chi connectivity index (χ0n) is 13.2. The van der Waals surface area contributed by atoms with Gasteiger partial charge in [-0.1, -0.05) is 19.3 Å². The smallest absolute Gasteiger partial charge is 0.253 e. The van der Waals surface area contributed by atoms with Gasteiger partial charge in [-0.25, -0.2) is 4.98 Å². The predicted molar refractivity (Wildman–Crippen MR) is 95.2 cm³/mol. The van der Waals surface area contributed by atoms with E-state index < -0.39 is 0 Å². The molecule has 7 nitrogen and oxygen atoms in total. The second-order valence-electron chi connectivity index (χ2n) is 5.82. The molecule has 126 valence electrons. The molecule has 8 heteroatoms. The molecule has 0 unspecified atom stereocenters. The number of carbonyl (C=O) groups is 1. The molecule has 0 spiro atoms. The van der Waals surface area contributed by atoms with E-state index in [4.69, 9.17) is 11.5 Å². The summed E-state index contributed by atoms with van der Waals surface area (Å²) >= 11 is 1.33. The van der Waals surface area contributed by atoms with Crippen molar-refractivity contribution in [3.8, 4) is 11.3 Å². The van der Waals surface area contributed by atoms with Gasteiger partial charge in [0, 0.05) is 29.4 Å². The van der Waals surface area contributed by atoms with Gasteiger partial charge in [0.2, 0.25) is 5.13 Å². The van der Waals surface area contributed by atoms with Crippen molar-refractivity contribution in [1.29, 1.82) is 0 Å². The fourth-order valence-electron chi connectivity index (χ4n) is 2.78.